The van der Waals surface area contributed by atoms with E-state index in [1.54, 1.807) is 0 Å². The second-order valence-corrected chi connectivity index (χ2v) is 3.88. The third kappa shape index (κ3) is 1.72. The van der Waals surface area contributed by atoms with Gasteiger partial charge in [0, 0.05) is 5.56 Å². The SMILES string of the molecule is CCCNC1COc2c(Cl)cccc21. The molecule has 1 aliphatic heterocycles. The zero-order valence-electron chi connectivity index (χ0n) is 8.22. The molecule has 1 aromatic rings. The van der Waals surface area contributed by atoms with E-state index in [-0.39, 0.29) is 0 Å². The van der Waals surface area contributed by atoms with Gasteiger partial charge in [0.05, 0.1) is 11.1 Å². The first-order valence-electron chi connectivity index (χ1n) is 4.97. The molecule has 1 aliphatic rings. The molecule has 2 rings (SSSR count). The smallest absolute Gasteiger partial charge is 0.142 e. The van der Waals surface area contributed by atoms with Crippen molar-refractivity contribution >= 4 is 11.6 Å². The van der Waals surface area contributed by atoms with Gasteiger partial charge < -0.3 is 10.1 Å². The average Bonchev–Trinajstić information content (AvgIpc) is 2.60. The van der Waals surface area contributed by atoms with Crippen LogP contribution in [0.15, 0.2) is 18.2 Å². The Kier molecular flexibility index (Phi) is 2.94. The van der Waals surface area contributed by atoms with Crippen molar-refractivity contribution in [3.05, 3.63) is 28.8 Å². The van der Waals surface area contributed by atoms with Crippen molar-refractivity contribution in [1.82, 2.24) is 5.32 Å². The highest BCUT2D eigenvalue weighted by Crippen LogP contribution is 2.37. The van der Waals surface area contributed by atoms with Crippen molar-refractivity contribution in [2.75, 3.05) is 13.2 Å². The van der Waals surface area contributed by atoms with Gasteiger partial charge in [-0.3, -0.25) is 0 Å². The van der Waals surface area contributed by atoms with Crippen LogP contribution in [-0.2, 0) is 0 Å². The van der Waals surface area contributed by atoms with Gasteiger partial charge in [-0.1, -0.05) is 30.7 Å². The summed E-state index contributed by atoms with van der Waals surface area (Å²) in [5.74, 6) is 0.850. The Hall–Kier alpha value is -0.730. The highest BCUT2D eigenvalue weighted by molar-refractivity contribution is 6.32. The molecule has 0 saturated carbocycles. The van der Waals surface area contributed by atoms with Crippen molar-refractivity contribution in [2.45, 2.75) is 19.4 Å². The number of para-hydroxylation sites is 1. The van der Waals surface area contributed by atoms with Crippen LogP contribution in [0.1, 0.15) is 24.9 Å². The number of hydrogen-bond donors (Lipinski definition) is 1. The lowest BCUT2D eigenvalue weighted by molar-refractivity contribution is 0.311. The predicted octanol–water partition coefficient (Wildman–Crippen LogP) is 2.77. The molecule has 0 amide bonds. The maximum atomic E-state index is 6.02. The largest absolute Gasteiger partial charge is 0.490 e. The first kappa shape index (κ1) is 9.81. The molecule has 0 fully saturated rings. The van der Waals surface area contributed by atoms with Gasteiger partial charge in [0.25, 0.3) is 0 Å². The van der Waals surface area contributed by atoms with E-state index in [1.165, 1.54) is 5.56 Å². The normalized spacial score (nSPS) is 19.1. The third-order valence-electron chi connectivity index (χ3n) is 2.41. The van der Waals surface area contributed by atoms with Gasteiger partial charge in [-0.05, 0) is 19.0 Å². The molecule has 14 heavy (non-hydrogen) atoms. The zero-order valence-corrected chi connectivity index (χ0v) is 8.97. The molecule has 76 valence electrons. The number of hydrogen-bond acceptors (Lipinski definition) is 2. The summed E-state index contributed by atoms with van der Waals surface area (Å²) in [6, 6.07) is 6.21. The van der Waals surface area contributed by atoms with Gasteiger partial charge in [-0.2, -0.15) is 0 Å². The Balaban J connectivity index is 2.18. The standard InChI is InChI=1S/C11H14ClNO/c1-2-6-13-10-7-14-11-8(10)4-3-5-9(11)12/h3-5,10,13H,2,6-7H2,1H3. The van der Waals surface area contributed by atoms with Crippen molar-refractivity contribution in [2.24, 2.45) is 0 Å². The molecule has 1 N–H and O–H groups in total. The van der Waals surface area contributed by atoms with E-state index in [1.807, 2.05) is 12.1 Å². The van der Waals surface area contributed by atoms with Crippen molar-refractivity contribution in [3.8, 4) is 5.75 Å². The van der Waals surface area contributed by atoms with E-state index in [0.29, 0.717) is 17.7 Å². The van der Waals surface area contributed by atoms with Gasteiger partial charge in [-0.15, -0.1) is 0 Å². The molecule has 0 radical (unpaired) electrons. The van der Waals surface area contributed by atoms with Crippen LogP contribution in [0.2, 0.25) is 5.02 Å². The van der Waals surface area contributed by atoms with Crippen molar-refractivity contribution < 1.29 is 4.74 Å². The Labute approximate surface area is 89.2 Å². The van der Waals surface area contributed by atoms with Gasteiger partial charge >= 0.3 is 0 Å². The molecule has 1 unspecified atom stereocenters. The first-order chi connectivity index (χ1) is 6.83. The first-order valence-corrected chi connectivity index (χ1v) is 5.35. The highest BCUT2D eigenvalue weighted by Gasteiger charge is 2.24. The molecule has 0 aromatic heterocycles. The van der Waals surface area contributed by atoms with Crippen LogP contribution >= 0.6 is 11.6 Å². The number of nitrogens with one attached hydrogen (secondary N) is 1. The van der Waals surface area contributed by atoms with Crippen LogP contribution in [-0.4, -0.2) is 13.2 Å². The summed E-state index contributed by atoms with van der Waals surface area (Å²) >= 11 is 6.02. The Bertz CT molecular complexity index is 327. The van der Waals surface area contributed by atoms with Gasteiger partial charge in [-0.25, -0.2) is 0 Å². The summed E-state index contributed by atoms with van der Waals surface area (Å²) < 4.78 is 5.54. The molecule has 1 aromatic carbocycles. The number of benzene rings is 1. The average molecular weight is 212 g/mol. The van der Waals surface area contributed by atoms with Crippen LogP contribution in [0.4, 0.5) is 0 Å². The molecule has 1 atom stereocenters. The fourth-order valence-electron chi connectivity index (χ4n) is 1.70. The van der Waals surface area contributed by atoms with E-state index in [4.69, 9.17) is 16.3 Å². The fourth-order valence-corrected chi connectivity index (χ4v) is 1.93. The van der Waals surface area contributed by atoms with E-state index < -0.39 is 0 Å². The maximum Gasteiger partial charge on any atom is 0.142 e. The van der Waals surface area contributed by atoms with Crippen LogP contribution < -0.4 is 10.1 Å². The summed E-state index contributed by atoms with van der Waals surface area (Å²) in [6.07, 6.45) is 1.13. The molecule has 0 aliphatic carbocycles. The molecular weight excluding hydrogens is 198 g/mol. The third-order valence-corrected chi connectivity index (χ3v) is 2.71. The highest BCUT2D eigenvalue weighted by atomic mass is 35.5. The molecule has 3 heteroatoms. The quantitative estimate of drug-likeness (QED) is 0.830. The predicted molar refractivity (Wildman–Crippen MR) is 58.0 cm³/mol. The van der Waals surface area contributed by atoms with Gasteiger partial charge in [0.1, 0.15) is 12.4 Å². The number of halogens is 1. The van der Waals surface area contributed by atoms with E-state index in [9.17, 15) is 0 Å². The van der Waals surface area contributed by atoms with E-state index in [2.05, 4.69) is 18.3 Å². The second kappa shape index (κ2) is 4.20. The summed E-state index contributed by atoms with van der Waals surface area (Å²) in [4.78, 5) is 0. The lowest BCUT2D eigenvalue weighted by Crippen LogP contribution is -2.22. The van der Waals surface area contributed by atoms with E-state index >= 15 is 0 Å². The lowest BCUT2D eigenvalue weighted by atomic mass is 10.1. The van der Waals surface area contributed by atoms with Crippen molar-refractivity contribution in [1.29, 1.82) is 0 Å². The van der Waals surface area contributed by atoms with Crippen molar-refractivity contribution in [3.63, 3.8) is 0 Å². The summed E-state index contributed by atoms with van der Waals surface area (Å²) in [5.41, 5.74) is 1.19. The minimum absolute atomic E-state index is 0.309. The van der Waals surface area contributed by atoms with Crippen LogP contribution in [0.5, 0.6) is 5.75 Å². The van der Waals surface area contributed by atoms with Crippen LogP contribution in [0, 0.1) is 0 Å². The number of ether oxygens (including phenoxy) is 1. The molecule has 1 heterocycles. The zero-order chi connectivity index (χ0) is 9.97. The monoisotopic (exact) mass is 211 g/mol. The van der Waals surface area contributed by atoms with E-state index in [0.717, 1.165) is 18.7 Å². The van der Waals surface area contributed by atoms with Crippen LogP contribution in [0.25, 0.3) is 0 Å². The molecule has 0 spiro atoms. The van der Waals surface area contributed by atoms with Gasteiger partial charge in [0.2, 0.25) is 0 Å². The molecule has 2 nitrogen and oxygen atoms in total. The summed E-state index contributed by atoms with van der Waals surface area (Å²) in [5, 5.41) is 4.14. The Morgan fingerprint density at radius 1 is 1.57 bits per heavy atom. The molecular formula is C11H14ClNO. The minimum atomic E-state index is 0.309. The lowest BCUT2D eigenvalue weighted by Gasteiger charge is -2.09. The summed E-state index contributed by atoms with van der Waals surface area (Å²) in [7, 11) is 0. The second-order valence-electron chi connectivity index (χ2n) is 3.48. The summed E-state index contributed by atoms with van der Waals surface area (Å²) in [6.45, 7) is 3.86. The van der Waals surface area contributed by atoms with Crippen LogP contribution in [0.3, 0.4) is 0 Å². The number of fused-ring (bicyclic) bond motifs is 1. The Morgan fingerprint density at radius 3 is 3.21 bits per heavy atom. The number of rotatable bonds is 3. The fraction of sp³-hybridized carbons (Fsp3) is 0.455. The Morgan fingerprint density at radius 2 is 2.43 bits per heavy atom. The minimum Gasteiger partial charge on any atom is -0.490 e. The maximum absolute atomic E-state index is 6.02. The molecule has 0 saturated heterocycles. The molecule has 0 bridgehead atoms. The topological polar surface area (TPSA) is 21.3 Å². The van der Waals surface area contributed by atoms with Gasteiger partial charge in [0.15, 0.2) is 0 Å².